The topological polar surface area (TPSA) is 63.2 Å². The van der Waals surface area contributed by atoms with E-state index in [0.717, 1.165) is 17.1 Å². The summed E-state index contributed by atoms with van der Waals surface area (Å²) in [5.74, 6) is 2.00. The summed E-state index contributed by atoms with van der Waals surface area (Å²) >= 11 is 1.68. The van der Waals surface area contributed by atoms with E-state index in [2.05, 4.69) is 10.8 Å². The van der Waals surface area contributed by atoms with E-state index in [0.29, 0.717) is 11.3 Å². The van der Waals surface area contributed by atoms with Crippen molar-refractivity contribution in [1.82, 2.24) is 0 Å². The van der Waals surface area contributed by atoms with Crippen LogP contribution in [0.5, 0.6) is 0 Å². The lowest BCUT2D eigenvalue weighted by molar-refractivity contribution is 0.0563. The Labute approximate surface area is 121 Å². The highest BCUT2D eigenvalue weighted by Gasteiger charge is 2.10. The Hall–Kier alpha value is -2.19. The number of esters is 1. The van der Waals surface area contributed by atoms with Gasteiger partial charge in [0.25, 0.3) is 0 Å². The third-order valence-corrected chi connectivity index (χ3v) is 3.67. The van der Waals surface area contributed by atoms with E-state index in [4.69, 9.17) is 9.68 Å². The summed E-state index contributed by atoms with van der Waals surface area (Å²) in [5, 5.41) is 8.72. The van der Waals surface area contributed by atoms with Gasteiger partial charge in [0.2, 0.25) is 5.76 Å². The molecule has 2 rings (SSSR count). The second kappa shape index (κ2) is 6.83. The van der Waals surface area contributed by atoms with Gasteiger partial charge in [-0.3, -0.25) is 0 Å². The van der Waals surface area contributed by atoms with Gasteiger partial charge in [-0.2, -0.15) is 5.26 Å². The Morgan fingerprint density at radius 1 is 1.25 bits per heavy atom. The van der Waals surface area contributed by atoms with Crippen LogP contribution in [0.4, 0.5) is 0 Å². The number of hydrogen-bond donors (Lipinski definition) is 0. The van der Waals surface area contributed by atoms with Gasteiger partial charge in [0, 0.05) is 5.75 Å². The van der Waals surface area contributed by atoms with Crippen LogP contribution in [-0.2, 0) is 16.2 Å². The van der Waals surface area contributed by atoms with E-state index in [1.165, 1.54) is 7.11 Å². The molecule has 0 amide bonds. The fourth-order valence-electron chi connectivity index (χ4n) is 1.61. The third-order valence-electron chi connectivity index (χ3n) is 2.64. The minimum atomic E-state index is -0.464. The Balaban J connectivity index is 1.85. The molecule has 0 N–H and O–H groups in total. The Morgan fingerprint density at radius 3 is 2.65 bits per heavy atom. The molecule has 0 unspecified atom stereocenters. The van der Waals surface area contributed by atoms with Gasteiger partial charge in [0.1, 0.15) is 5.76 Å². The number of thioether (sulfide) groups is 1. The monoisotopic (exact) mass is 287 g/mol. The molecular formula is C15H13NO3S. The largest absolute Gasteiger partial charge is 0.463 e. The quantitative estimate of drug-likeness (QED) is 0.789. The molecule has 0 spiro atoms. The van der Waals surface area contributed by atoms with Crippen molar-refractivity contribution in [1.29, 1.82) is 5.26 Å². The number of benzene rings is 1. The zero-order valence-electron chi connectivity index (χ0n) is 11.0. The van der Waals surface area contributed by atoms with Gasteiger partial charge in [-0.15, -0.1) is 11.8 Å². The average Bonchev–Trinajstić information content (AvgIpc) is 2.96. The van der Waals surface area contributed by atoms with Crippen LogP contribution < -0.4 is 0 Å². The minimum Gasteiger partial charge on any atom is -0.463 e. The van der Waals surface area contributed by atoms with E-state index < -0.39 is 5.97 Å². The van der Waals surface area contributed by atoms with Crippen LogP contribution in [-0.4, -0.2) is 13.1 Å². The molecule has 4 nitrogen and oxygen atoms in total. The Morgan fingerprint density at radius 2 is 2.00 bits per heavy atom. The van der Waals surface area contributed by atoms with Crippen molar-refractivity contribution in [2.75, 3.05) is 7.11 Å². The maximum Gasteiger partial charge on any atom is 0.373 e. The molecule has 5 heteroatoms. The smallest absolute Gasteiger partial charge is 0.373 e. The SMILES string of the molecule is COC(=O)c1ccc(CSCc2ccc(C#N)cc2)o1. The van der Waals surface area contributed by atoms with Crippen LogP contribution in [0.3, 0.4) is 0 Å². The first-order valence-corrected chi connectivity index (χ1v) is 7.12. The van der Waals surface area contributed by atoms with Gasteiger partial charge in [-0.25, -0.2) is 4.79 Å². The summed E-state index contributed by atoms with van der Waals surface area (Å²) in [7, 11) is 1.32. The van der Waals surface area contributed by atoms with Crippen molar-refractivity contribution in [3.8, 4) is 6.07 Å². The molecule has 0 aliphatic carbocycles. The van der Waals surface area contributed by atoms with Gasteiger partial charge in [0.05, 0.1) is 24.5 Å². The summed E-state index contributed by atoms with van der Waals surface area (Å²) < 4.78 is 9.95. The van der Waals surface area contributed by atoms with Gasteiger partial charge in [-0.1, -0.05) is 12.1 Å². The van der Waals surface area contributed by atoms with Crippen molar-refractivity contribution in [3.05, 3.63) is 59.0 Å². The lowest BCUT2D eigenvalue weighted by atomic mass is 10.2. The molecule has 0 atom stereocenters. The Bertz CT molecular complexity index is 625. The van der Waals surface area contributed by atoms with Crippen molar-refractivity contribution in [2.24, 2.45) is 0 Å². The lowest BCUT2D eigenvalue weighted by Crippen LogP contribution is -1.98. The first-order valence-electron chi connectivity index (χ1n) is 5.96. The fraction of sp³-hybridized carbons (Fsp3) is 0.200. The highest BCUT2D eigenvalue weighted by atomic mass is 32.2. The predicted molar refractivity (Wildman–Crippen MR) is 76.2 cm³/mol. The number of ether oxygens (including phenoxy) is 1. The van der Waals surface area contributed by atoms with Gasteiger partial charge in [0.15, 0.2) is 0 Å². The maximum absolute atomic E-state index is 11.2. The highest BCUT2D eigenvalue weighted by molar-refractivity contribution is 7.97. The minimum absolute atomic E-state index is 0.224. The zero-order valence-corrected chi connectivity index (χ0v) is 11.8. The molecule has 102 valence electrons. The molecule has 1 aromatic carbocycles. The van der Waals surface area contributed by atoms with Crippen LogP contribution in [0, 0.1) is 11.3 Å². The summed E-state index contributed by atoms with van der Waals surface area (Å²) in [6.07, 6.45) is 0. The third kappa shape index (κ3) is 3.65. The van der Waals surface area contributed by atoms with E-state index in [9.17, 15) is 4.79 Å². The molecule has 0 aliphatic heterocycles. The number of furan rings is 1. The summed E-state index contributed by atoms with van der Waals surface area (Å²) in [4.78, 5) is 11.2. The number of nitrogens with zero attached hydrogens (tertiary/aromatic N) is 1. The van der Waals surface area contributed by atoms with Crippen LogP contribution in [0.15, 0.2) is 40.8 Å². The molecule has 0 radical (unpaired) electrons. The van der Waals surface area contributed by atoms with Crippen molar-refractivity contribution in [3.63, 3.8) is 0 Å². The lowest BCUT2D eigenvalue weighted by Gasteiger charge is -2.00. The van der Waals surface area contributed by atoms with Crippen LogP contribution in [0.1, 0.15) is 27.4 Å². The van der Waals surface area contributed by atoms with E-state index in [1.807, 2.05) is 12.1 Å². The van der Waals surface area contributed by atoms with E-state index in [-0.39, 0.29) is 5.76 Å². The number of carbonyl (C=O) groups excluding carboxylic acids is 1. The molecule has 20 heavy (non-hydrogen) atoms. The van der Waals surface area contributed by atoms with E-state index in [1.54, 1.807) is 36.0 Å². The molecule has 0 aliphatic rings. The first-order chi connectivity index (χ1) is 9.72. The summed E-state index contributed by atoms with van der Waals surface area (Å²) in [5.41, 5.74) is 1.81. The van der Waals surface area contributed by atoms with Gasteiger partial charge < -0.3 is 9.15 Å². The molecule has 2 aromatic rings. The second-order valence-corrected chi connectivity index (χ2v) is 5.04. The molecule has 1 aromatic heterocycles. The van der Waals surface area contributed by atoms with Crippen molar-refractivity contribution < 1.29 is 13.9 Å². The molecule has 0 saturated carbocycles. The van der Waals surface area contributed by atoms with Crippen molar-refractivity contribution >= 4 is 17.7 Å². The van der Waals surface area contributed by atoms with Crippen LogP contribution >= 0.6 is 11.8 Å². The van der Waals surface area contributed by atoms with E-state index >= 15 is 0 Å². The van der Waals surface area contributed by atoms with Crippen LogP contribution in [0.2, 0.25) is 0 Å². The predicted octanol–water partition coefficient (Wildman–Crippen LogP) is 3.37. The molecule has 1 heterocycles. The number of rotatable bonds is 5. The molecule has 0 saturated heterocycles. The highest BCUT2D eigenvalue weighted by Crippen LogP contribution is 2.20. The van der Waals surface area contributed by atoms with Gasteiger partial charge in [-0.05, 0) is 29.8 Å². The number of carbonyl (C=O) groups is 1. The van der Waals surface area contributed by atoms with Crippen molar-refractivity contribution in [2.45, 2.75) is 11.5 Å². The second-order valence-electron chi connectivity index (χ2n) is 4.06. The number of nitriles is 1. The molecule has 0 bridgehead atoms. The maximum atomic E-state index is 11.2. The molecular weight excluding hydrogens is 274 g/mol. The normalized spacial score (nSPS) is 10.0. The standard InChI is InChI=1S/C15H13NO3S/c1-18-15(17)14-7-6-13(19-14)10-20-9-12-4-2-11(8-16)3-5-12/h2-7H,9-10H2,1H3. The number of hydrogen-bond acceptors (Lipinski definition) is 5. The zero-order chi connectivity index (χ0) is 14.4. The fourth-order valence-corrected chi connectivity index (χ4v) is 2.50. The van der Waals surface area contributed by atoms with Gasteiger partial charge >= 0.3 is 5.97 Å². The molecule has 0 fully saturated rings. The number of methoxy groups -OCH3 is 1. The first kappa shape index (κ1) is 14.2. The Kier molecular flexibility index (Phi) is 4.85. The van der Waals surface area contributed by atoms with Crippen LogP contribution in [0.25, 0.3) is 0 Å². The summed E-state index contributed by atoms with van der Waals surface area (Å²) in [6.45, 7) is 0. The summed E-state index contributed by atoms with van der Waals surface area (Å²) in [6, 6.07) is 13.0. The average molecular weight is 287 g/mol.